The minimum absolute atomic E-state index is 0.316. The Kier molecular flexibility index (Phi) is 6.00. The fraction of sp³-hybridized carbons (Fsp3) is 0.333. The molecule has 0 aliphatic carbocycles. The molecule has 0 radical (unpaired) electrons. The third kappa shape index (κ3) is 3.93. The first kappa shape index (κ1) is 19.7. The molecule has 2 N–H and O–H groups in total. The van der Waals surface area contributed by atoms with Gasteiger partial charge in [0.1, 0.15) is 5.82 Å². The zero-order chi connectivity index (χ0) is 18.0. The van der Waals surface area contributed by atoms with Gasteiger partial charge in [-0.2, -0.15) is 13.2 Å². The van der Waals surface area contributed by atoms with E-state index in [4.69, 9.17) is 11.6 Å². The lowest BCUT2D eigenvalue weighted by Gasteiger charge is -2.30. The molecule has 23 heavy (non-hydrogen) atoms. The standard InChI is InChI=1S/C12H9BrClF4NO4/c1-23-10(21)11(22,12(16,17)18)8(14)9(20)19-7-3-2-5(13)4-6(7)15/h2-4,8,22H,1H3,(H,19,20)/t8-,11-/m1/s1. The van der Waals surface area contributed by atoms with E-state index in [-0.39, 0.29) is 0 Å². The number of rotatable bonds is 4. The highest BCUT2D eigenvalue weighted by Gasteiger charge is 2.67. The molecule has 0 spiro atoms. The fourth-order valence-corrected chi connectivity index (χ4v) is 2.10. The number of anilines is 1. The van der Waals surface area contributed by atoms with Gasteiger partial charge in [-0.25, -0.2) is 9.18 Å². The van der Waals surface area contributed by atoms with Crippen molar-refractivity contribution in [3.8, 4) is 0 Å². The minimum Gasteiger partial charge on any atom is -0.467 e. The number of carbonyl (C=O) groups excluding carboxylic acids is 2. The summed E-state index contributed by atoms with van der Waals surface area (Å²) in [5.41, 5.74) is -4.78. The monoisotopic (exact) mass is 421 g/mol. The van der Waals surface area contributed by atoms with Crippen LogP contribution in [-0.4, -0.2) is 41.2 Å². The number of hydrogen-bond donors (Lipinski definition) is 2. The molecule has 0 aliphatic rings. The van der Waals surface area contributed by atoms with Crippen LogP contribution in [-0.2, 0) is 14.3 Å². The number of halogens is 6. The fourth-order valence-electron chi connectivity index (χ4n) is 1.50. The van der Waals surface area contributed by atoms with Gasteiger partial charge >= 0.3 is 12.1 Å². The number of ether oxygens (including phenoxy) is 1. The first-order valence-electron chi connectivity index (χ1n) is 5.72. The highest BCUT2D eigenvalue weighted by molar-refractivity contribution is 9.10. The lowest BCUT2D eigenvalue weighted by Crippen LogP contribution is -2.62. The van der Waals surface area contributed by atoms with Crippen molar-refractivity contribution in [2.45, 2.75) is 17.2 Å². The van der Waals surface area contributed by atoms with Gasteiger partial charge in [0.2, 0.25) is 5.91 Å². The number of esters is 1. The summed E-state index contributed by atoms with van der Waals surface area (Å²) in [4.78, 5) is 23.0. The normalized spacial score (nSPS) is 15.5. The van der Waals surface area contributed by atoms with E-state index in [1.165, 1.54) is 6.07 Å². The van der Waals surface area contributed by atoms with E-state index in [0.717, 1.165) is 12.1 Å². The zero-order valence-corrected chi connectivity index (χ0v) is 13.6. The Morgan fingerprint density at radius 1 is 1.39 bits per heavy atom. The topological polar surface area (TPSA) is 75.6 Å². The van der Waals surface area contributed by atoms with E-state index in [2.05, 4.69) is 20.7 Å². The second-order valence-corrected chi connectivity index (χ2v) is 5.58. The molecule has 0 saturated carbocycles. The molecular formula is C12H9BrClF4NO4. The predicted molar refractivity (Wildman–Crippen MR) is 75.4 cm³/mol. The Morgan fingerprint density at radius 2 is 1.96 bits per heavy atom. The lowest BCUT2D eigenvalue weighted by molar-refractivity contribution is -0.260. The van der Waals surface area contributed by atoms with Gasteiger partial charge in [0, 0.05) is 4.47 Å². The molecule has 0 saturated heterocycles. The summed E-state index contributed by atoms with van der Waals surface area (Å²) in [5.74, 6) is -4.78. The van der Waals surface area contributed by atoms with Crippen molar-refractivity contribution in [3.63, 3.8) is 0 Å². The molecule has 2 atom stereocenters. The van der Waals surface area contributed by atoms with Crippen LogP contribution in [0.15, 0.2) is 22.7 Å². The summed E-state index contributed by atoms with van der Waals surface area (Å²) in [6.45, 7) is 0. The summed E-state index contributed by atoms with van der Waals surface area (Å²) < 4.78 is 56.5. The molecule has 0 bridgehead atoms. The van der Waals surface area contributed by atoms with Crippen molar-refractivity contribution in [1.82, 2.24) is 0 Å². The maximum atomic E-state index is 13.6. The van der Waals surface area contributed by atoms with Crippen molar-refractivity contribution in [3.05, 3.63) is 28.5 Å². The van der Waals surface area contributed by atoms with Crippen molar-refractivity contribution < 1.29 is 37.0 Å². The molecule has 1 aromatic rings. The third-order valence-corrected chi connectivity index (χ3v) is 3.72. The summed E-state index contributed by atoms with van der Waals surface area (Å²) in [6, 6.07) is 3.29. The number of alkyl halides is 4. The van der Waals surface area contributed by atoms with Crippen LogP contribution >= 0.6 is 27.5 Å². The van der Waals surface area contributed by atoms with Crippen LogP contribution in [0.3, 0.4) is 0 Å². The van der Waals surface area contributed by atoms with Crippen LogP contribution in [0.5, 0.6) is 0 Å². The van der Waals surface area contributed by atoms with Gasteiger partial charge in [-0.1, -0.05) is 15.9 Å². The van der Waals surface area contributed by atoms with E-state index in [9.17, 15) is 32.3 Å². The summed E-state index contributed by atoms with van der Waals surface area (Å²) in [6.07, 6.45) is -5.60. The second kappa shape index (κ2) is 7.02. The molecule has 5 nitrogen and oxygen atoms in total. The predicted octanol–water partition coefficient (Wildman–Crippen LogP) is 2.60. The van der Waals surface area contributed by atoms with Crippen molar-refractivity contribution >= 4 is 45.1 Å². The first-order valence-corrected chi connectivity index (χ1v) is 6.95. The van der Waals surface area contributed by atoms with Crippen molar-refractivity contribution in [2.75, 3.05) is 12.4 Å². The minimum atomic E-state index is -5.60. The summed E-state index contributed by atoms with van der Waals surface area (Å²) >= 11 is 8.26. The van der Waals surface area contributed by atoms with Gasteiger partial charge < -0.3 is 15.2 Å². The van der Waals surface area contributed by atoms with E-state index in [0.29, 0.717) is 11.6 Å². The van der Waals surface area contributed by atoms with Gasteiger partial charge in [0.15, 0.2) is 5.38 Å². The van der Waals surface area contributed by atoms with Crippen molar-refractivity contribution in [2.24, 2.45) is 0 Å². The number of amides is 1. The number of nitrogens with one attached hydrogen (secondary N) is 1. The van der Waals surface area contributed by atoms with Crippen LogP contribution in [0.1, 0.15) is 0 Å². The average molecular weight is 423 g/mol. The molecule has 0 heterocycles. The highest BCUT2D eigenvalue weighted by atomic mass is 79.9. The van der Waals surface area contributed by atoms with E-state index in [1.54, 1.807) is 5.32 Å². The van der Waals surface area contributed by atoms with E-state index in [1.807, 2.05) is 0 Å². The van der Waals surface area contributed by atoms with E-state index >= 15 is 0 Å². The Bertz CT molecular complexity index is 628. The molecule has 0 aliphatic heterocycles. The van der Waals surface area contributed by atoms with Crippen LogP contribution in [0, 0.1) is 5.82 Å². The largest absolute Gasteiger partial charge is 0.467 e. The van der Waals surface area contributed by atoms with Gasteiger partial charge in [0.05, 0.1) is 12.8 Å². The Balaban J connectivity index is 3.12. The molecule has 0 unspecified atom stereocenters. The van der Waals surface area contributed by atoms with Crippen LogP contribution < -0.4 is 5.32 Å². The molecule has 0 aromatic heterocycles. The van der Waals surface area contributed by atoms with Crippen LogP contribution in [0.25, 0.3) is 0 Å². The molecule has 128 valence electrons. The highest BCUT2D eigenvalue weighted by Crippen LogP contribution is 2.37. The Hall–Kier alpha value is -1.39. The van der Waals surface area contributed by atoms with Crippen LogP contribution in [0.2, 0.25) is 0 Å². The van der Waals surface area contributed by atoms with Crippen LogP contribution in [0.4, 0.5) is 23.2 Å². The number of benzene rings is 1. The smallest absolute Gasteiger partial charge is 0.430 e. The Labute approximate surface area is 140 Å². The molecule has 0 fully saturated rings. The number of methoxy groups -OCH3 is 1. The molecule has 1 aromatic carbocycles. The molecule has 1 rings (SSSR count). The van der Waals surface area contributed by atoms with Gasteiger partial charge in [-0.05, 0) is 18.2 Å². The molecule has 11 heteroatoms. The quantitative estimate of drug-likeness (QED) is 0.444. The lowest BCUT2D eigenvalue weighted by atomic mass is 9.98. The first-order chi connectivity index (χ1) is 10.4. The molecular weight excluding hydrogens is 413 g/mol. The van der Waals surface area contributed by atoms with Crippen molar-refractivity contribution in [1.29, 1.82) is 0 Å². The number of hydrogen-bond acceptors (Lipinski definition) is 4. The number of aliphatic hydroxyl groups is 1. The maximum absolute atomic E-state index is 13.6. The second-order valence-electron chi connectivity index (χ2n) is 4.23. The zero-order valence-electron chi connectivity index (χ0n) is 11.2. The Morgan fingerprint density at radius 3 is 2.39 bits per heavy atom. The van der Waals surface area contributed by atoms with Gasteiger partial charge in [-0.15, -0.1) is 11.6 Å². The average Bonchev–Trinajstić information content (AvgIpc) is 2.46. The maximum Gasteiger partial charge on any atom is 0.430 e. The number of carbonyl (C=O) groups is 2. The third-order valence-electron chi connectivity index (χ3n) is 2.71. The summed E-state index contributed by atoms with van der Waals surface area (Å²) in [5, 5.41) is 8.51. The molecule has 1 amide bonds. The van der Waals surface area contributed by atoms with E-state index < -0.39 is 40.5 Å². The summed E-state index contributed by atoms with van der Waals surface area (Å²) in [7, 11) is 0.578. The van der Waals surface area contributed by atoms with Gasteiger partial charge in [-0.3, -0.25) is 4.79 Å². The van der Waals surface area contributed by atoms with Gasteiger partial charge in [0.25, 0.3) is 5.60 Å². The SMILES string of the molecule is COC(=O)[C@](O)([C@H](Cl)C(=O)Nc1ccc(Br)cc1F)C(F)(F)F.